The molecule has 1 fully saturated rings. The van der Waals surface area contributed by atoms with Crippen molar-refractivity contribution >= 4 is 27.7 Å². The summed E-state index contributed by atoms with van der Waals surface area (Å²) < 4.78 is 6.69. The third-order valence-corrected chi connectivity index (χ3v) is 5.42. The molecular formula is C20H23BrN2O3. The van der Waals surface area contributed by atoms with Crippen molar-refractivity contribution in [1.82, 2.24) is 10.6 Å². The molecule has 0 saturated heterocycles. The van der Waals surface area contributed by atoms with Gasteiger partial charge in [-0.15, -0.1) is 0 Å². The van der Waals surface area contributed by atoms with Crippen LogP contribution in [0.3, 0.4) is 0 Å². The van der Waals surface area contributed by atoms with Gasteiger partial charge >= 0.3 is 0 Å². The van der Waals surface area contributed by atoms with Crippen molar-refractivity contribution in [2.75, 3.05) is 7.05 Å². The molecule has 0 radical (unpaired) electrons. The fraction of sp³-hybridized carbons (Fsp3) is 0.400. The Morgan fingerprint density at radius 1 is 1.08 bits per heavy atom. The Hall–Kier alpha value is -2.08. The molecule has 1 saturated carbocycles. The normalized spacial score (nSPS) is 16.1. The van der Waals surface area contributed by atoms with E-state index in [9.17, 15) is 9.59 Å². The second-order valence-electron chi connectivity index (χ2n) is 6.63. The van der Waals surface area contributed by atoms with E-state index in [-0.39, 0.29) is 23.5 Å². The number of hydrogen-bond acceptors (Lipinski definition) is 3. The minimum atomic E-state index is -0.519. The summed E-state index contributed by atoms with van der Waals surface area (Å²) in [4.78, 5) is 24.9. The quantitative estimate of drug-likeness (QED) is 0.766. The molecule has 5 nitrogen and oxygen atoms in total. The predicted molar refractivity (Wildman–Crippen MR) is 104 cm³/mol. The van der Waals surface area contributed by atoms with Gasteiger partial charge in [0, 0.05) is 17.1 Å². The number of nitrogens with one attached hydrogen (secondary N) is 2. The first-order valence-electron chi connectivity index (χ1n) is 8.96. The van der Waals surface area contributed by atoms with E-state index in [2.05, 4.69) is 26.6 Å². The maximum absolute atomic E-state index is 12.6. The molecule has 1 aromatic carbocycles. The smallest absolute Gasteiger partial charge is 0.287 e. The van der Waals surface area contributed by atoms with E-state index in [1.807, 2.05) is 24.3 Å². The van der Waals surface area contributed by atoms with Crippen molar-refractivity contribution in [2.45, 2.75) is 38.1 Å². The molecule has 2 amide bonds. The minimum absolute atomic E-state index is 0.148. The van der Waals surface area contributed by atoms with Gasteiger partial charge < -0.3 is 15.1 Å². The number of benzene rings is 1. The Bertz CT molecular complexity index is 764. The zero-order valence-corrected chi connectivity index (χ0v) is 16.3. The maximum atomic E-state index is 12.6. The minimum Gasteiger partial charge on any atom is -0.451 e. The number of amides is 2. The van der Waals surface area contributed by atoms with Crippen LogP contribution >= 0.6 is 15.9 Å². The Morgan fingerprint density at radius 2 is 1.77 bits per heavy atom. The van der Waals surface area contributed by atoms with Gasteiger partial charge in [-0.3, -0.25) is 9.59 Å². The number of hydrogen-bond donors (Lipinski definition) is 2. The summed E-state index contributed by atoms with van der Waals surface area (Å²) >= 11 is 3.40. The third kappa shape index (κ3) is 4.36. The van der Waals surface area contributed by atoms with Crippen LogP contribution in [-0.4, -0.2) is 24.9 Å². The molecule has 1 aromatic heterocycles. The summed E-state index contributed by atoms with van der Waals surface area (Å²) in [5.74, 6) is 0.510. The number of likely N-dealkylation sites (N-methyl/N-ethyl adjacent to an activating group) is 1. The van der Waals surface area contributed by atoms with Crippen LogP contribution < -0.4 is 10.6 Å². The van der Waals surface area contributed by atoms with Crippen LogP contribution in [0, 0.1) is 5.92 Å². The van der Waals surface area contributed by atoms with Crippen LogP contribution in [0.4, 0.5) is 0 Å². The van der Waals surface area contributed by atoms with Crippen LogP contribution in [0.2, 0.25) is 0 Å². The topological polar surface area (TPSA) is 71.3 Å². The first-order valence-corrected chi connectivity index (χ1v) is 9.76. The highest BCUT2D eigenvalue weighted by Gasteiger charge is 2.31. The van der Waals surface area contributed by atoms with Crippen LogP contribution in [0.25, 0.3) is 11.3 Å². The van der Waals surface area contributed by atoms with Gasteiger partial charge in [0.05, 0.1) is 0 Å². The van der Waals surface area contributed by atoms with E-state index in [1.54, 1.807) is 19.2 Å². The molecule has 26 heavy (non-hydrogen) atoms. The molecule has 1 atom stereocenters. The number of carbonyl (C=O) groups is 2. The molecule has 6 heteroatoms. The largest absolute Gasteiger partial charge is 0.451 e. The Kier molecular flexibility index (Phi) is 6.14. The Morgan fingerprint density at radius 3 is 2.42 bits per heavy atom. The predicted octanol–water partition coefficient (Wildman–Crippen LogP) is 4.13. The fourth-order valence-electron chi connectivity index (χ4n) is 3.46. The summed E-state index contributed by atoms with van der Waals surface area (Å²) in [7, 11) is 1.60. The van der Waals surface area contributed by atoms with E-state index >= 15 is 0 Å². The van der Waals surface area contributed by atoms with Gasteiger partial charge in [0.25, 0.3) is 5.91 Å². The summed E-state index contributed by atoms with van der Waals surface area (Å²) in [6, 6.07) is 10.6. The van der Waals surface area contributed by atoms with Crippen LogP contribution in [0.1, 0.15) is 42.7 Å². The lowest BCUT2D eigenvalue weighted by Crippen LogP contribution is -2.50. The summed E-state index contributed by atoms with van der Waals surface area (Å²) in [5, 5.41) is 5.54. The van der Waals surface area contributed by atoms with E-state index in [1.165, 1.54) is 6.42 Å². The standard InChI is InChI=1S/C20H23BrN2O3/c1-22-20(25)18(14-5-3-2-4-6-14)23-19(24)17-12-11-16(26-17)13-7-9-15(21)10-8-13/h7-12,14,18H,2-6H2,1H3,(H,22,25)(H,23,24). The molecule has 1 aliphatic carbocycles. The van der Waals surface area contributed by atoms with Crippen LogP contribution in [-0.2, 0) is 4.79 Å². The molecule has 1 heterocycles. The van der Waals surface area contributed by atoms with E-state index in [0.717, 1.165) is 35.7 Å². The summed E-state index contributed by atoms with van der Waals surface area (Å²) in [6.45, 7) is 0. The van der Waals surface area contributed by atoms with Gasteiger partial charge in [0.1, 0.15) is 11.8 Å². The molecule has 3 rings (SSSR count). The summed E-state index contributed by atoms with van der Waals surface area (Å²) in [6.07, 6.45) is 5.31. The van der Waals surface area contributed by atoms with Crippen molar-refractivity contribution in [2.24, 2.45) is 5.92 Å². The number of rotatable bonds is 5. The van der Waals surface area contributed by atoms with Crippen molar-refractivity contribution in [3.63, 3.8) is 0 Å². The second kappa shape index (κ2) is 8.54. The highest BCUT2D eigenvalue weighted by Crippen LogP contribution is 2.28. The lowest BCUT2D eigenvalue weighted by molar-refractivity contribution is -0.124. The molecular weight excluding hydrogens is 396 g/mol. The van der Waals surface area contributed by atoms with E-state index in [0.29, 0.717) is 5.76 Å². The number of halogens is 1. The number of furan rings is 1. The second-order valence-corrected chi connectivity index (χ2v) is 7.55. The average molecular weight is 419 g/mol. The summed E-state index contributed by atoms with van der Waals surface area (Å²) in [5.41, 5.74) is 0.891. The van der Waals surface area contributed by atoms with Crippen molar-refractivity contribution in [3.05, 3.63) is 46.6 Å². The molecule has 1 unspecified atom stereocenters. The van der Waals surface area contributed by atoms with Crippen LogP contribution in [0.15, 0.2) is 45.3 Å². The van der Waals surface area contributed by atoms with Gasteiger partial charge in [0.15, 0.2) is 5.76 Å². The van der Waals surface area contributed by atoms with E-state index < -0.39 is 6.04 Å². The molecule has 2 N–H and O–H groups in total. The third-order valence-electron chi connectivity index (χ3n) is 4.90. The Labute approximate surface area is 161 Å². The first-order chi connectivity index (χ1) is 12.6. The average Bonchev–Trinajstić information content (AvgIpc) is 3.17. The highest BCUT2D eigenvalue weighted by molar-refractivity contribution is 9.10. The van der Waals surface area contributed by atoms with Gasteiger partial charge in [-0.25, -0.2) is 0 Å². The molecule has 1 aliphatic rings. The zero-order chi connectivity index (χ0) is 18.5. The lowest BCUT2D eigenvalue weighted by atomic mass is 9.83. The molecule has 0 bridgehead atoms. The van der Waals surface area contributed by atoms with Gasteiger partial charge in [-0.05, 0) is 43.0 Å². The first kappa shape index (κ1) is 18.7. The van der Waals surface area contributed by atoms with Gasteiger partial charge in [-0.2, -0.15) is 0 Å². The van der Waals surface area contributed by atoms with Crippen LogP contribution in [0.5, 0.6) is 0 Å². The van der Waals surface area contributed by atoms with Gasteiger partial charge in [0.2, 0.25) is 5.91 Å². The van der Waals surface area contributed by atoms with Gasteiger partial charge in [-0.1, -0.05) is 47.3 Å². The van der Waals surface area contributed by atoms with Crippen molar-refractivity contribution < 1.29 is 14.0 Å². The van der Waals surface area contributed by atoms with Crippen molar-refractivity contribution in [1.29, 1.82) is 0 Å². The Balaban J connectivity index is 1.73. The molecule has 2 aromatic rings. The van der Waals surface area contributed by atoms with E-state index in [4.69, 9.17) is 4.42 Å². The lowest BCUT2D eigenvalue weighted by Gasteiger charge is -2.29. The fourth-order valence-corrected chi connectivity index (χ4v) is 3.73. The molecule has 0 aliphatic heterocycles. The SMILES string of the molecule is CNC(=O)C(NC(=O)c1ccc(-c2ccc(Br)cc2)o1)C1CCCCC1. The van der Waals surface area contributed by atoms with Crippen molar-refractivity contribution in [3.8, 4) is 11.3 Å². The maximum Gasteiger partial charge on any atom is 0.287 e. The number of carbonyl (C=O) groups excluding carboxylic acids is 2. The monoisotopic (exact) mass is 418 g/mol. The molecule has 0 spiro atoms. The highest BCUT2D eigenvalue weighted by atomic mass is 79.9. The zero-order valence-electron chi connectivity index (χ0n) is 14.8. The molecule has 138 valence electrons.